The highest BCUT2D eigenvalue weighted by Crippen LogP contribution is 2.38. The number of benzene rings is 3. The Balaban J connectivity index is 1.53. The number of hydrogen-bond acceptors (Lipinski definition) is 7. The number of fused-ring (bicyclic) bond motifs is 1. The Bertz CT molecular complexity index is 1280. The third-order valence-corrected chi connectivity index (χ3v) is 5.90. The van der Waals surface area contributed by atoms with Crippen molar-refractivity contribution in [2.75, 3.05) is 28.4 Å². The smallest absolute Gasteiger partial charge is 0.261 e. The van der Waals surface area contributed by atoms with E-state index in [0.717, 1.165) is 5.56 Å². The number of amides is 3. The summed E-state index contributed by atoms with van der Waals surface area (Å²) in [5, 5.41) is 2.86. The normalized spacial score (nSPS) is 12.3. The molecule has 9 heteroatoms. The fourth-order valence-corrected chi connectivity index (χ4v) is 4.11. The summed E-state index contributed by atoms with van der Waals surface area (Å²) in [5.41, 5.74) is 2.37. The molecule has 1 heterocycles. The average molecular weight is 491 g/mol. The van der Waals surface area contributed by atoms with Gasteiger partial charge in [-0.3, -0.25) is 19.3 Å². The molecule has 3 aromatic carbocycles. The Kier molecular flexibility index (Phi) is 7.10. The van der Waals surface area contributed by atoms with Crippen LogP contribution in [0.2, 0.25) is 0 Å². The van der Waals surface area contributed by atoms with Crippen molar-refractivity contribution >= 4 is 17.7 Å². The first-order valence-corrected chi connectivity index (χ1v) is 11.1. The van der Waals surface area contributed by atoms with E-state index in [-0.39, 0.29) is 36.4 Å². The quantitative estimate of drug-likeness (QED) is 0.458. The van der Waals surface area contributed by atoms with Gasteiger partial charge in [0.25, 0.3) is 17.7 Å². The van der Waals surface area contributed by atoms with Gasteiger partial charge in [0.05, 0.1) is 51.7 Å². The second-order valence-corrected chi connectivity index (χ2v) is 7.99. The van der Waals surface area contributed by atoms with Crippen LogP contribution in [-0.2, 0) is 13.1 Å². The SMILES string of the molecule is COc1ccc(CN2C(=O)c3ccccc3C2=O)cc1C(=O)NCc1cc(OC)c(OC)c(OC)c1. The van der Waals surface area contributed by atoms with Crippen LogP contribution in [0, 0.1) is 0 Å². The van der Waals surface area contributed by atoms with E-state index in [1.54, 1.807) is 54.6 Å². The largest absolute Gasteiger partial charge is 0.496 e. The fourth-order valence-electron chi connectivity index (χ4n) is 4.11. The van der Waals surface area contributed by atoms with Crippen molar-refractivity contribution in [1.29, 1.82) is 0 Å². The van der Waals surface area contributed by atoms with Gasteiger partial charge in [-0.15, -0.1) is 0 Å². The molecule has 0 aromatic heterocycles. The van der Waals surface area contributed by atoms with Crippen LogP contribution in [0.15, 0.2) is 54.6 Å². The van der Waals surface area contributed by atoms with Gasteiger partial charge in [-0.1, -0.05) is 18.2 Å². The molecular formula is C27H26N2O7. The van der Waals surface area contributed by atoms with Crippen LogP contribution < -0.4 is 24.3 Å². The molecule has 4 rings (SSSR count). The summed E-state index contributed by atoms with van der Waals surface area (Å²) in [5.74, 6) is 0.661. The lowest BCUT2D eigenvalue weighted by molar-refractivity contribution is 0.0642. The zero-order valence-electron chi connectivity index (χ0n) is 20.4. The molecule has 0 unspecified atom stereocenters. The first kappa shape index (κ1) is 24.6. The van der Waals surface area contributed by atoms with E-state index in [1.807, 2.05) is 0 Å². The monoisotopic (exact) mass is 490 g/mol. The number of ether oxygens (including phenoxy) is 4. The van der Waals surface area contributed by atoms with Gasteiger partial charge in [0, 0.05) is 6.54 Å². The van der Waals surface area contributed by atoms with Gasteiger partial charge in [-0.25, -0.2) is 0 Å². The zero-order chi connectivity index (χ0) is 25.8. The molecule has 9 nitrogen and oxygen atoms in total. The molecule has 1 aliphatic heterocycles. The molecule has 0 fully saturated rings. The minimum atomic E-state index is -0.384. The van der Waals surface area contributed by atoms with Crippen LogP contribution >= 0.6 is 0 Å². The maximum Gasteiger partial charge on any atom is 0.261 e. The molecule has 0 aliphatic carbocycles. The lowest BCUT2D eigenvalue weighted by atomic mass is 10.1. The fraction of sp³-hybridized carbons (Fsp3) is 0.222. The van der Waals surface area contributed by atoms with Crippen molar-refractivity contribution < 1.29 is 33.3 Å². The molecule has 1 N–H and O–H groups in total. The van der Waals surface area contributed by atoms with E-state index in [2.05, 4.69) is 5.32 Å². The molecule has 36 heavy (non-hydrogen) atoms. The first-order valence-electron chi connectivity index (χ1n) is 11.1. The Labute approximate surface area is 208 Å². The van der Waals surface area contributed by atoms with Crippen LogP contribution in [0.1, 0.15) is 42.2 Å². The standard InChI is InChI=1S/C27H26N2O7/c1-33-21-10-9-16(15-29-26(31)18-7-5-6-8-19(18)27(29)32)11-20(21)25(30)28-14-17-12-22(34-2)24(36-4)23(13-17)35-3/h5-13H,14-15H2,1-4H3,(H,28,30). The molecule has 0 saturated heterocycles. The van der Waals surface area contributed by atoms with Gasteiger partial charge in [-0.2, -0.15) is 0 Å². The number of nitrogens with zero attached hydrogens (tertiary/aromatic N) is 1. The van der Waals surface area contributed by atoms with Gasteiger partial charge < -0.3 is 24.3 Å². The highest BCUT2D eigenvalue weighted by Gasteiger charge is 2.35. The van der Waals surface area contributed by atoms with Gasteiger partial charge in [0.1, 0.15) is 5.75 Å². The summed E-state index contributed by atoms with van der Waals surface area (Å²) in [6, 6.07) is 15.2. The third kappa shape index (κ3) is 4.55. The maximum absolute atomic E-state index is 13.1. The van der Waals surface area contributed by atoms with Crippen LogP contribution in [0.3, 0.4) is 0 Å². The van der Waals surface area contributed by atoms with Crippen molar-refractivity contribution in [3.8, 4) is 23.0 Å². The van der Waals surface area contributed by atoms with E-state index < -0.39 is 0 Å². The predicted octanol–water partition coefficient (Wildman–Crippen LogP) is 3.45. The second-order valence-electron chi connectivity index (χ2n) is 7.99. The molecule has 186 valence electrons. The minimum absolute atomic E-state index is 0.0312. The highest BCUT2D eigenvalue weighted by atomic mass is 16.5. The van der Waals surface area contributed by atoms with Gasteiger partial charge in [-0.05, 0) is 47.5 Å². The number of carbonyl (C=O) groups excluding carboxylic acids is 3. The third-order valence-electron chi connectivity index (χ3n) is 5.90. The average Bonchev–Trinajstić information content (AvgIpc) is 3.15. The van der Waals surface area contributed by atoms with Crippen molar-refractivity contribution in [1.82, 2.24) is 10.2 Å². The Morgan fingerprint density at radius 2 is 1.33 bits per heavy atom. The van der Waals surface area contributed by atoms with Crippen molar-refractivity contribution in [2.45, 2.75) is 13.1 Å². The Morgan fingerprint density at radius 1 is 0.750 bits per heavy atom. The lowest BCUT2D eigenvalue weighted by Gasteiger charge is -2.17. The molecule has 0 atom stereocenters. The topological polar surface area (TPSA) is 103 Å². The summed E-state index contributed by atoms with van der Waals surface area (Å²) >= 11 is 0. The molecule has 0 radical (unpaired) electrons. The van der Waals surface area contributed by atoms with Crippen molar-refractivity contribution in [3.05, 3.63) is 82.4 Å². The second kappa shape index (κ2) is 10.4. The van der Waals surface area contributed by atoms with Crippen molar-refractivity contribution in [2.24, 2.45) is 0 Å². The molecule has 1 aliphatic rings. The molecular weight excluding hydrogens is 464 g/mol. The summed E-state index contributed by atoms with van der Waals surface area (Å²) < 4.78 is 21.5. The van der Waals surface area contributed by atoms with Crippen molar-refractivity contribution in [3.63, 3.8) is 0 Å². The van der Waals surface area contributed by atoms with E-state index in [1.165, 1.54) is 33.3 Å². The predicted molar refractivity (Wildman–Crippen MR) is 131 cm³/mol. The Morgan fingerprint density at radius 3 is 1.86 bits per heavy atom. The summed E-state index contributed by atoms with van der Waals surface area (Å²) in [6.45, 7) is 0.213. The Hall–Kier alpha value is -4.53. The molecule has 3 amide bonds. The van der Waals surface area contributed by atoms with Crippen LogP contribution in [0.4, 0.5) is 0 Å². The van der Waals surface area contributed by atoms with Gasteiger partial charge in [0.2, 0.25) is 5.75 Å². The zero-order valence-corrected chi connectivity index (χ0v) is 20.4. The number of methoxy groups -OCH3 is 4. The number of imide groups is 1. The lowest BCUT2D eigenvalue weighted by Crippen LogP contribution is -2.29. The van der Waals surface area contributed by atoms with E-state index in [9.17, 15) is 14.4 Å². The van der Waals surface area contributed by atoms with Gasteiger partial charge in [0.15, 0.2) is 11.5 Å². The number of carbonyl (C=O) groups is 3. The highest BCUT2D eigenvalue weighted by molar-refractivity contribution is 6.21. The molecule has 0 saturated carbocycles. The molecule has 3 aromatic rings. The van der Waals surface area contributed by atoms with E-state index in [4.69, 9.17) is 18.9 Å². The van der Waals surface area contributed by atoms with Crippen LogP contribution in [-0.4, -0.2) is 51.1 Å². The minimum Gasteiger partial charge on any atom is -0.496 e. The number of hydrogen-bond donors (Lipinski definition) is 1. The van der Waals surface area contributed by atoms with E-state index in [0.29, 0.717) is 39.7 Å². The number of nitrogens with one attached hydrogen (secondary N) is 1. The first-order chi connectivity index (χ1) is 17.4. The molecule has 0 spiro atoms. The van der Waals surface area contributed by atoms with Crippen LogP contribution in [0.25, 0.3) is 0 Å². The summed E-state index contributed by atoms with van der Waals surface area (Å²) in [4.78, 5) is 39.7. The maximum atomic E-state index is 13.1. The summed E-state index contributed by atoms with van der Waals surface area (Å²) in [7, 11) is 6.02. The van der Waals surface area contributed by atoms with Crippen LogP contribution in [0.5, 0.6) is 23.0 Å². The molecule has 0 bridgehead atoms. The number of rotatable bonds is 9. The summed E-state index contributed by atoms with van der Waals surface area (Å²) in [6.07, 6.45) is 0. The van der Waals surface area contributed by atoms with E-state index >= 15 is 0 Å². The van der Waals surface area contributed by atoms with Gasteiger partial charge >= 0.3 is 0 Å².